The summed E-state index contributed by atoms with van der Waals surface area (Å²) in [5.74, 6) is -0.432. The molecule has 0 fully saturated rings. The molecule has 3 rings (SSSR count). The van der Waals surface area contributed by atoms with E-state index in [0.717, 1.165) is 25.1 Å². The second kappa shape index (κ2) is 7.09. The van der Waals surface area contributed by atoms with Crippen molar-refractivity contribution in [3.05, 3.63) is 40.3 Å². The molecule has 0 aromatic carbocycles. The number of hydrogen-bond donors (Lipinski definition) is 1. The van der Waals surface area contributed by atoms with Crippen LogP contribution >= 0.6 is 11.3 Å². The number of fused-ring (bicyclic) bond motifs is 1. The Labute approximate surface area is 145 Å². The number of esters is 1. The highest BCUT2D eigenvalue weighted by Crippen LogP contribution is 2.31. The topological polar surface area (TPSA) is 63.6 Å². The van der Waals surface area contributed by atoms with Gasteiger partial charge in [-0.2, -0.15) is 0 Å². The van der Waals surface area contributed by atoms with Crippen molar-refractivity contribution in [3.8, 4) is 0 Å². The van der Waals surface area contributed by atoms with Crippen LogP contribution in [-0.4, -0.2) is 35.1 Å². The molecule has 0 radical (unpaired) electrons. The molecular weight excluding hydrogens is 326 g/mol. The summed E-state index contributed by atoms with van der Waals surface area (Å²) in [4.78, 5) is 26.8. The molecule has 0 saturated heterocycles. The van der Waals surface area contributed by atoms with Crippen LogP contribution in [0, 0.1) is 0 Å². The van der Waals surface area contributed by atoms with E-state index in [-0.39, 0.29) is 12.1 Å². The van der Waals surface area contributed by atoms with Crippen LogP contribution in [0.3, 0.4) is 0 Å². The second-order valence-electron chi connectivity index (χ2n) is 5.71. The minimum absolute atomic E-state index is 0.0546. The fourth-order valence-electron chi connectivity index (χ4n) is 3.13. The first-order valence-corrected chi connectivity index (χ1v) is 8.92. The Kier molecular flexibility index (Phi) is 4.89. The van der Waals surface area contributed by atoms with E-state index in [0.29, 0.717) is 17.1 Å². The lowest BCUT2D eigenvalue weighted by atomic mass is 10.0. The van der Waals surface area contributed by atoms with Crippen LogP contribution in [0.2, 0.25) is 0 Å². The fraction of sp³-hybridized carbons (Fsp3) is 0.412. The SMILES string of the molecule is CCC[C@H]1c2cccn2CCN1C(=O)Nc1ccsc1C(=O)OC. The molecule has 1 aliphatic heterocycles. The van der Waals surface area contributed by atoms with Crippen molar-refractivity contribution in [3.63, 3.8) is 0 Å². The molecule has 0 unspecified atom stereocenters. The van der Waals surface area contributed by atoms with Gasteiger partial charge in [-0.05, 0) is 30.0 Å². The van der Waals surface area contributed by atoms with E-state index in [1.54, 1.807) is 11.4 Å². The highest BCUT2D eigenvalue weighted by Gasteiger charge is 2.30. The lowest BCUT2D eigenvalue weighted by molar-refractivity contribution is 0.0607. The van der Waals surface area contributed by atoms with Gasteiger partial charge in [-0.15, -0.1) is 11.3 Å². The zero-order valence-electron chi connectivity index (χ0n) is 13.8. The Morgan fingerprint density at radius 3 is 2.96 bits per heavy atom. The van der Waals surface area contributed by atoms with Gasteiger partial charge in [0.1, 0.15) is 4.88 Å². The number of ether oxygens (including phenoxy) is 1. The predicted molar refractivity (Wildman–Crippen MR) is 93.5 cm³/mol. The number of anilines is 1. The van der Waals surface area contributed by atoms with Gasteiger partial charge >= 0.3 is 12.0 Å². The van der Waals surface area contributed by atoms with Crippen molar-refractivity contribution in [1.82, 2.24) is 9.47 Å². The molecule has 2 aromatic rings. The molecule has 2 aromatic heterocycles. The van der Waals surface area contributed by atoms with Gasteiger partial charge in [-0.25, -0.2) is 9.59 Å². The normalized spacial score (nSPS) is 16.6. The fourth-order valence-corrected chi connectivity index (χ4v) is 3.90. The van der Waals surface area contributed by atoms with Gasteiger partial charge in [0, 0.05) is 25.0 Å². The number of hydrogen-bond acceptors (Lipinski definition) is 4. The summed E-state index contributed by atoms with van der Waals surface area (Å²) in [5.41, 5.74) is 1.67. The van der Waals surface area contributed by atoms with Gasteiger partial charge in [0.2, 0.25) is 0 Å². The number of aromatic nitrogens is 1. The summed E-state index contributed by atoms with van der Waals surface area (Å²) in [5, 5.41) is 4.64. The van der Waals surface area contributed by atoms with E-state index in [4.69, 9.17) is 4.74 Å². The highest BCUT2D eigenvalue weighted by atomic mass is 32.1. The number of urea groups is 1. The monoisotopic (exact) mass is 347 g/mol. The van der Waals surface area contributed by atoms with Crippen molar-refractivity contribution in [2.75, 3.05) is 19.0 Å². The summed E-state index contributed by atoms with van der Waals surface area (Å²) in [6.45, 7) is 3.55. The zero-order chi connectivity index (χ0) is 17.1. The third kappa shape index (κ3) is 3.03. The first-order chi connectivity index (χ1) is 11.7. The molecular formula is C17H21N3O3S. The molecule has 1 aliphatic rings. The Morgan fingerprint density at radius 2 is 2.21 bits per heavy atom. The van der Waals surface area contributed by atoms with Crippen molar-refractivity contribution in [2.45, 2.75) is 32.4 Å². The summed E-state index contributed by atoms with van der Waals surface area (Å²) >= 11 is 1.26. The van der Waals surface area contributed by atoms with E-state index in [1.807, 2.05) is 11.0 Å². The van der Waals surface area contributed by atoms with Gasteiger partial charge in [0.15, 0.2) is 0 Å². The van der Waals surface area contributed by atoms with E-state index in [1.165, 1.54) is 18.4 Å². The zero-order valence-corrected chi connectivity index (χ0v) is 14.6. The second-order valence-corrected chi connectivity index (χ2v) is 6.63. The van der Waals surface area contributed by atoms with Crippen LogP contribution in [0.1, 0.15) is 41.2 Å². The molecule has 0 aliphatic carbocycles. The Bertz CT molecular complexity index is 737. The molecule has 1 N–H and O–H groups in total. The molecule has 24 heavy (non-hydrogen) atoms. The minimum Gasteiger partial charge on any atom is -0.465 e. The number of nitrogens with zero attached hydrogens (tertiary/aromatic N) is 2. The van der Waals surface area contributed by atoms with Crippen LogP contribution < -0.4 is 5.32 Å². The molecule has 2 amide bonds. The summed E-state index contributed by atoms with van der Waals surface area (Å²) in [6.07, 6.45) is 3.96. The summed E-state index contributed by atoms with van der Waals surface area (Å²) in [7, 11) is 1.34. The van der Waals surface area contributed by atoms with E-state index < -0.39 is 5.97 Å². The predicted octanol–water partition coefficient (Wildman–Crippen LogP) is 3.73. The number of carbonyl (C=O) groups is 2. The van der Waals surface area contributed by atoms with Crippen LogP contribution in [0.15, 0.2) is 29.8 Å². The van der Waals surface area contributed by atoms with Crippen LogP contribution in [0.4, 0.5) is 10.5 Å². The van der Waals surface area contributed by atoms with Crippen molar-refractivity contribution < 1.29 is 14.3 Å². The average molecular weight is 347 g/mol. The first-order valence-electron chi connectivity index (χ1n) is 8.04. The third-order valence-electron chi connectivity index (χ3n) is 4.26. The lowest BCUT2D eigenvalue weighted by Crippen LogP contribution is -2.44. The van der Waals surface area contributed by atoms with E-state index >= 15 is 0 Å². The number of thiophene rings is 1. The molecule has 0 bridgehead atoms. The van der Waals surface area contributed by atoms with Crippen molar-refractivity contribution in [1.29, 1.82) is 0 Å². The van der Waals surface area contributed by atoms with Crippen molar-refractivity contribution in [2.24, 2.45) is 0 Å². The van der Waals surface area contributed by atoms with Crippen molar-refractivity contribution >= 4 is 29.0 Å². The van der Waals surface area contributed by atoms with E-state index in [2.05, 4.69) is 29.1 Å². The largest absolute Gasteiger partial charge is 0.465 e. The summed E-state index contributed by atoms with van der Waals surface area (Å²) in [6, 6.07) is 5.71. The molecule has 3 heterocycles. The number of amides is 2. The quantitative estimate of drug-likeness (QED) is 0.857. The van der Waals surface area contributed by atoms with Gasteiger partial charge in [-0.3, -0.25) is 0 Å². The molecule has 6 nitrogen and oxygen atoms in total. The Morgan fingerprint density at radius 1 is 1.38 bits per heavy atom. The maximum Gasteiger partial charge on any atom is 0.350 e. The number of nitrogens with one attached hydrogen (secondary N) is 1. The Balaban J connectivity index is 1.80. The minimum atomic E-state index is -0.432. The molecule has 0 spiro atoms. The smallest absolute Gasteiger partial charge is 0.350 e. The Hall–Kier alpha value is -2.28. The maximum atomic E-state index is 12.8. The number of methoxy groups -OCH3 is 1. The maximum absolute atomic E-state index is 12.8. The lowest BCUT2D eigenvalue weighted by Gasteiger charge is -2.37. The van der Waals surface area contributed by atoms with Gasteiger partial charge < -0.3 is 19.5 Å². The van der Waals surface area contributed by atoms with Gasteiger partial charge in [0.05, 0.1) is 18.8 Å². The van der Waals surface area contributed by atoms with Gasteiger partial charge in [-0.1, -0.05) is 13.3 Å². The number of rotatable bonds is 4. The standard InChI is InChI=1S/C17H21N3O3S/c1-3-5-14-13-6-4-8-19(13)9-10-20(14)17(22)18-12-7-11-24-15(12)16(21)23-2/h4,6-8,11,14H,3,5,9-10H2,1-2H3,(H,18,22)/t14-/m0/s1. The average Bonchev–Trinajstić information content (AvgIpc) is 3.23. The summed E-state index contributed by atoms with van der Waals surface area (Å²) < 4.78 is 6.96. The molecule has 0 saturated carbocycles. The van der Waals surface area contributed by atoms with Crippen LogP contribution in [0.5, 0.6) is 0 Å². The molecule has 1 atom stereocenters. The third-order valence-corrected chi connectivity index (χ3v) is 5.16. The van der Waals surface area contributed by atoms with Crippen LogP contribution in [0.25, 0.3) is 0 Å². The van der Waals surface area contributed by atoms with Crippen LogP contribution in [-0.2, 0) is 11.3 Å². The first kappa shape index (κ1) is 16.6. The van der Waals surface area contributed by atoms with E-state index in [9.17, 15) is 9.59 Å². The number of carbonyl (C=O) groups excluding carboxylic acids is 2. The molecule has 128 valence electrons. The van der Waals surface area contributed by atoms with Gasteiger partial charge in [0.25, 0.3) is 0 Å². The molecule has 7 heteroatoms. The highest BCUT2D eigenvalue weighted by molar-refractivity contribution is 7.12.